The van der Waals surface area contributed by atoms with Gasteiger partial charge in [-0.15, -0.1) is 0 Å². The van der Waals surface area contributed by atoms with Crippen molar-refractivity contribution in [1.29, 1.82) is 0 Å². The second-order valence-electron chi connectivity index (χ2n) is 7.08. The van der Waals surface area contributed by atoms with Gasteiger partial charge in [0.05, 0.1) is 19.2 Å². The Morgan fingerprint density at radius 2 is 2.07 bits per heavy atom. The number of halogens is 2. The number of carbonyl (C=O) groups is 1. The van der Waals surface area contributed by atoms with E-state index in [0.717, 1.165) is 26.7 Å². The van der Waals surface area contributed by atoms with Crippen LogP contribution >= 0.6 is 0 Å². The Kier molecular flexibility index (Phi) is 5.30. The van der Waals surface area contributed by atoms with Crippen LogP contribution in [0.15, 0.2) is 35.2 Å². The van der Waals surface area contributed by atoms with Crippen LogP contribution in [0.25, 0.3) is 11.0 Å². The fourth-order valence-corrected chi connectivity index (χ4v) is 3.25. The molecule has 2 heterocycles. The summed E-state index contributed by atoms with van der Waals surface area (Å²) < 4.78 is 32.2. The molecule has 0 atom stereocenters. The number of aryl methyl sites for hydroxylation is 1. The minimum Gasteiger partial charge on any atom is -0.464 e. The number of rotatable bonds is 6. The zero-order valence-electron chi connectivity index (χ0n) is 15.9. The second-order valence-corrected chi connectivity index (χ2v) is 7.08. The molecule has 5 nitrogen and oxygen atoms in total. The molecular formula is C20H23F2N3O2. The lowest BCUT2D eigenvalue weighted by molar-refractivity contribution is -0.129. The van der Waals surface area contributed by atoms with Crippen LogP contribution in [0.2, 0.25) is 0 Å². The monoisotopic (exact) mass is 375 g/mol. The first-order chi connectivity index (χ1) is 12.8. The van der Waals surface area contributed by atoms with Crippen molar-refractivity contribution in [1.82, 2.24) is 14.5 Å². The van der Waals surface area contributed by atoms with Crippen LogP contribution in [-0.2, 0) is 17.8 Å². The minimum absolute atomic E-state index is 0.0162. The third-order valence-electron chi connectivity index (χ3n) is 4.77. The lowest BCUT2D eigenvalue weighted by atomic mass is 9.95. The number of amides is 1. The summed E-state index contributed by atoms with van der Waals surface area (Å²) in [5.41, 5.74) is 3.90. The number of furan rings is 1. The molecule has 0 saturated carbocycles. The van der Waals surface area contributed by atoms with E-state index in [-0.39, 0.29) is 24.7 Å². The number of hydrogen-bond donors (Lipinski definition) is 0. The molecule has 144 valence electrons. The number of nitrogens with zero attached hydrogens (tertiary/aromatic N) is 3. The molecule has 3 rings (SSSR count). The van der Waals surface area contributed by atoms with Gasteiger partial charge < -0.3 is 9.32 Å². The molecular weight excluding hydrogens is 352 g/mol. The average Bonchev–Trinajstić information content (AvgIpc) is 3.21. The molecule has 0 bridgehead atoms. The highest BCUT2D eigenvalue weighted by Crippen LogP contribution is 2.29. The van der Waals surface area contributed by atoms with Gasteiger partial charge in [0.2, 0.25) is 5.91 Å². The van der Waals surface area contributed by atoms with Crippen LogP contribution in [0.5, 0.6) is 0 Å². The van der Waals surface area contributed by atoms with Crippen molar-refractivity contribution in [2.45, 2.75) is 46.2 Å². The van der Waals surface area contributed by atoms with E-state index in [1.54, 1.807) is 13.3 Å². The van der Waals surface area contributed by atoms with E-state index in [1.165, 1.54) is 22.9 Å². The predicted octanol–water partition coefficient (Wildman–Crippen LogP) is 4.66. The average molecular weight is 375 g/mol. The van der Waals surface area contributed by atoms with E-state index in [0.29, 0.717) is 5.92 Å². The van der Waals surface area contributed by atoms with Crippen molar-refractivity contribution < 1.29 is 18.0 Å². The number of fused-ring (bicyclic) bond motifs is 1. The van der Waals surface area contributed by atoms with Crippen LogP contribution in [0, 0.1) is 6.92 Å². The highest BCUT2D eigenvalue weighted by molar-refractivity contribution is 5.88. The number of imidazole rings is 1. The van der Waals surface area contributed by atoms with Gasteiger partial charge in [0.15, 0.2) is 0 Å². The molecule has 3 aromatic rings. The fraction of sp³-hybridized carbons (Fsp3) is 0.400. The van der Waals surface area contributed by atoms with E-state index < -0.39 is 6.55 Å². The van der Waals surface area contributed by atoms with Gasteiger partial charge in [-0.2, -0.15) is 8.78 Å². The molecule has 0 aliphatic heterocycles. The van der Waals surface area contributed by atoms with E-state index in [9.17, 15) is 13.6 Å². The number of hydrogen-bond acceptors (Lipinski definition) is 3. The van der Waals surface area contributed by atoms with Crippen LogP contribution in [0.4, 0.5) is 8.78 Å². The Morgan fingerprint density at radius 1 is 1.33 bits per heavy atom. The Balaban J connectivity index is 1.79. The van der Waals surface area contributed by atoms with Gasteiger partial charge in [-0.25, -0.2) is 4.98 Å². The first-order valence-electron chi connectivity index (χ1n) is 8.82. The first-order valence-corrected chi connectivity index (χ1v) is 8.82. The maximum Gasteiger partial charge on any atom is 0.319 e. The SMILES string of the molecule is Cc1cc2occ(CC(=O)N(C)Cc3nccn3C(F)F)c2cc1C(C)C. The fourth-order valence-electron chi connectivity index (χ4n) is 3.25. The molecule has 0 unspecified atom stereocenters. The minimum atomic E-state index is -2.68. The van der Waals surface area contributed by atoms with Gasteiger partial charge in [0.1, 0.15) is 11.4 Å². The van der Waals surface area contributed by atoms with Crippen LogP contribution in [-0.4, -0.2) is 27.4 Å². The van der Waals surface area contributed by atoms with Crippen molar-refractivity contribution in [2.75, 3.05) is 7.05 Å². The summed E-state index contributed by atoms with van der Waals surface area (Å²) in [6.45, 7) is 3.63. The van der Waals surface area contributed by atoms with Gasteiger partial charge in [0, 0.05) is 30.4 Å². The predicted molar refractivity (Wildman–Crippen MR) is 98.7 cm³/mol. The summed E-state index contributed by atoms with van der Waals surface area (Å²) in [5, 5.41) is 0.917. The molecule has 0 spiro atoms. The van der Waals surface area contributed by atoms with E-state index >= 15 is 0 Å². The number of aromatic nitrogens is 2. The molecule has 7 heteroatoms. The van der Waals surface area contributed by atoms with Crippen molar-refractivity contribution in [3.8, 4) is 0 Å². The molecule has 2 aromatic heterocycles. The maximum atomic E-state index is 12.9. The second kappa shape index (κ2) is 7.50. The lowest BCUT2D eigenvalue weighted by Crippen LogP contribution is -2.29. The molecule has 0 fully saturated rings. The third-order valence-corrected chi connectivity index (χ3v) is 4.77. The van der Waals surface area contributed by atoms with Crippen LogP contribution in [0.1, 0.15) is 48.8 Å². The van der Waals surface area contributed by atoms with E-state index in [1.807, 2.05) is 13.0 Å². The number of alkyl halides is 2. The Labute approximate surface area is 156 Å². The van der Waals surface area contributed by atoms with Gasteiger partial charge in [-0.3, -0.25) is 9.36 Å². The number of likely N-dealkylation sites (N-methyl/N-ethyl adjacent to an activating group) is 1. The zero-order chi connectivity index (χ0) is 19.7. The Hall–Kier alpha value is -2.70. The zero-order valence-corrected chi connectivity index (χ0v) is 15.9. The Bertz CT molecular complexity index is 959. The van der Waals surface area contributed by atoms with Gasteiger partial charge in [0.25, 0.3) is 0 Å². The number of benzene rings is 1. The molecule has 0 N–H and O–H groups in total. The summed E-state index contributed by atoms with van der Waals surface area (Å²) in [6, 6.07) is 4.06. The van der Waals surface area contributed by atoms with Gasteiger partial charge in [-0.1, -0.05) is 13.8 Å². The summed E-state index contributed by atoms with van der Waals surface area (Å²) in [4.78, 5) is 17.9. The maximum absolute atomic E-state index is 12.9. The van der Waals surface area contributed by atoms with Crippen LogP contribution < -0.4 is 0 Å². The normalized spacial score (nSPS) is 11.7. The highest BCUT2D eigenvalue weighted by Gasteiger charge is 2.19. The molecule has 0 aliphatic rings. The quantitative estimate of drug-likeness (QED) is 0.630. The van der Waals surface area contributed by atoms with Gasteiger partial charge >= 0.3 is 6.55 Å². The molecule has 0 saturated heterocycles. The molecule has 0 radical (unpaired) electrons. The number of carbonyl (C=O) groups excluding carboxylic acids is 1. The summed E-state index contributed by atoms with van der Waals surface area (Å²) in [6.07, 6.45) is 4.25. The van der Waals surface area contributed by atoms with Crippen molar-refractivity contribution in [3.05, 3.63) is 53.3 Å². The molecule has 1 amide bonds. The molecule has 1 aromatic carbocycles. The Morgan fingerprint density at radius 3 is 2.74 bits per heavy atom. The van der Waals surface area contributed by atoms with E-state index in [2.05, 4.69) is 24.9 Å². The van der Waals surface area contributed by atoms with Crippen molar-refractivity contribution in [3.63, 3.8) is 0 Å². The van der Waals surface area contributed by atoms with Crippen molar-refractivity contribution in [2.24, 2.45) is 0 Å². The summed E-state index contributed by atoms with van der Waals surface area (Å²) >= 11 is 0. The standard InChI is InChI=1S/C20H23F2N3O2/c1-12(2)15-9-16-14(11-27-17(16)7-13(15)3)8-19(26)24(4)10-18-23-5-6-25(18)20(21)22/h5-7,9,11-12,20H,8,10H2,1-4H3. The third kappa shape index (κ3) is 3.86. The largest absolute Gasteiger partial charge is 0.464 e. The van der Waals surface area contributed by atoms with Crippen molar-refractivity contribution >= 4 is 16.9 Å². The smallest absolute Gasteiger partial charge is 0.319 e. The molecule has 0 aliphatic carbocycles. The summed E-state index contributed by atoms with van der Waals surface area (Å²) in [7, 11) is 1.58. The lowest BCUT2D eigenvalue weighted by Gasteiger charge is -2.17. The van der Waals surface area contributed by atoms with Crippen LogP contribution in [0.3, 0.4) is 0 Å². The topological polar surface area (TPSA) is 51.3 Å². The van der Waals surface area contributed by atoms with E-state index in [4.69, 9.17) is 4.42 Å². The highest BCUT2D eigenvalue weighted by atomic mass is 19.3. The summed E-state index contributed by atoms with van der Waals surface area (Å²) in [5.74, 6) is 0.326. The van der Waals surface area contributed by atoms with Gasteiger partial charge in [-0.05, 0) is 36.1 Å². The first kappa shape index (κ1) is 19.1. The molecule has 27 heavy (non-hydrogen) atoms.